The van der Waals surface area contributed by atoms with Crippen LogP contribution < -0.4 is 0 Å². The van der Waals surface area contributed by atoms with E-state index in [0.717, 1.165) is 16.7 Å². The van der Waals surface area contributed by atoms with Gasteiger partial charge in [-0.2, -0.15) is 11.3 Å². The number of pyridine rings is 1. The molecule has 0 aliphatic carbocycles. The second kappa shape index (κ2) is 8.99. The van der Waals surface area contributed by atoms with Gasteiger partial charge in [-0.3, -0.25) is 14.6 Å². The molecule has 1 fully saturated rings. The van der Waals surface area contributed by atoms with Gasteiger partial charge < -0.3 is 14.5 Å². The Bertz CT molecular complexity index is 1050. The molecule has 31 heavy (non-hydrogen) atoms. The number of rotatable bonds is 5. The standard InChI is InChI=1S/C24H25N3O3S/c1-26(2)23(29)24(15-18-7-3-4-8-20(18)19-10-14-31-16-19)17-27(12-13-30-24)22(28)21-9-5-6-11-25-21/h3-11,14,16H,12-13,15,17H2,1-2H3/t24-/m1/s1. The minimum absolute atomic E-state index is 0.147. The van der Waals surface area contributed by atoms with Gasteiger partial charge in [-0.05, 0) is 45.6 Å². The number of amides is 2. The highest BCUT2D eigenvalue weighted by Crippen LogP contribution is 2.32. The molecule has 1 aliphatic heterocycles. The molecule has 1 atom stereocenters. The van der Waals surface area contributed by atoms with Gasteiger partial charge in [0, 0.05) is 33.3 Å². The number of carbonyl (C=O) groups excluding carboxylic acids is 2. The van der Waals surface area contributed by atoms with Gasteiger partial charge in [0.25, 0.3) is 11.8 Å². The van der Waals surface area contributed by atoms with Crippen LogP contribution in [-0.2, 0) is 16.0 Å². The molecule has 0 radical (unpaired) electrons. The lowest BCUT2D eigenvalue weighted by Gasteiger charge is -2.43. The van der Waals surface area contributed by atoms with E-state index in [1.165, 1.54) is 0 Å². The van der Waals surface area contributed by atoms with Crippen LogP contribution in [0.25, 0.3) is 11.1 Å². The summed E-state index contributed by atoms with van der Waals surface area (Å²) in [7, 11) is 3.44. The van der Waals surface area contributed by atoms with Crippen molar-refractivity contribution >= 4 is 23.2 Å². The highest BCUT2D eigenvalue weighted by molar-refractivity contribution is 7.08. The number of morpholine rings is 1. The fourth-order valence-electron chi connectivity index (χ4n) is 4.01. The smallest absolute Gasteiger partial charge is 0.272 e. The highest BCUT2D eigenvalue weighted by atomic mass is 32.1. The van der Waals surface area contributed by atoms with E-state index in [0.29, 0.717) is 25.3 Å². The summed E-state index contributed by atoms with van der Waals surface area (Å²) in [6.45, 7) is 0.889. The molecule has 3 aromatic rings. The lowest BCUT2D eigenvalue weighted by atomic mass is 9.87. The van der Waals surface area contributed by atoms with Crippen LogP contribution in [0.15, 0.2) is 65.5 Å². The number of nitrogens with zero attached hydrogens (tertiary/aromatic N) is 3. The zero-order valence-corrected chi connectivity index (χ0v) is 18.5. The first-order chi connectivity index (χ1) is 15.0. The van der Waals surface area contributed by atoms with Crippen molar-refractivity contribution in [3.8, 4) is 11.1 Å². The number of aromatic nitrogens is 1. The molecule has 3 heterocycles. The van der Waals surface area contributed by atoms with Gasteiger partial charge in [0.15, 0.2) is 5.60 Å². The van der Waals surface area contributed by atoms with Crippen molar-refractivity contribution in [3.63, 3.8) is 0 Å². The van der Waals surface area contributed by atoms with Gasteiger partial charge in [-0.1, -0.05) is 30.3 Å². The van der Waals surface area contributed by atoms with Crippen molar-refractivity contribution in [2.24, 2.45) is 0 Å². The first-order valence-electron chi connectivity index (χ1n) is 10.2. The molecule has 0 spiro atoms. The molecule has 4 rings (SSSR count). The minimum Gasteiger partial charge on any atom is -0.361 e. The van der Waals surface area contributed by atoms with E-state index in [1.54, 1.807) is 59.6 Å². The molecule has 0 saturated carbocycles. The van der Waals surface area contributed by atoms with E-state index >= 15 is 0 Å². The highest BCUT2D eigenvalue weighted by Gasteiger charge is 2.46. The molecule has 7 heteroatoms. The van der Waals surface area contributed by atoms with Gasteiger partial charge >= 0.3 is 0 Å². The average molecular weight is 436 g/mol. The van der Waals surface area contributed by atoms with Gasteiger partial charge in [0.05, 0.1) is 13.2 Å². The van der Waals surface area contributed by atoms with Crippen LogP contribution in [0.4, 0.5) is 0 Å². The van der Waals surface area contributed by atoms with Crippen molar-refractivity contribution in [1.82, 2.24) is 14.8 Å². The third-order valence-electron chi connectivity index (χ3n) is 5.48. The minimum atomic E-state index is -1.15. The van der Waals surface area contributed by atoms with Crippen molar-refractivity contribution < 1.29 is 14.3 Å². The summed E-state index contributed by atoms with van der Waals surface area (Å²) in [4.78, 5) is 33.9. The summed E-state index contributed by atoms with van der Waals surface area (Å²) in [5.74, 6) is -0.336. The maximum absolute atomic E-state index is 13.4. The Kier molecular flexibility index (Phi) is 6.15. The van der Waals surface area contributed by atoms with Gasteiger partial charge in [0.1, 0.15) is 5.69 Å². The van der Waals surface area contributed by atoms with Crippen LogP contribution >= 0.6 is 11.3 Å². The second-order valence-corrected chi connectivity index (χ2v) is 8.61. The van der Waals surface area contributed by atoms with Crippen LogP contribution in [0.2, 0.25) is 0 Å². The molecule has 6 nitrogen and oxygen atoms in total. The summed E-state index contributed by atoms with van der Waals surface area (Å²) in [6, 6.07) is 15.4. The van der Waals surface area contributed by atoms with Crippen molar-refractivity contribution in [2.45, 2.75) is 12.0 Å². The Hall–Kier alpha value is -3.03. The SMILES string of the molecule is CN(C)C(=O)[C@@]1(Cc2ccccc2-c2ccsc2)CN(C(=O)c2ccccn2)CCO1. The Morgan fingerprint density at radius 2 is 1.97 bits per heavy atom. The zero-order valence-electron chi connectivity index (χ0n) is 17.7. The number of hydrogen-bond acceptors (Lipinski definition) is 5. The largest absolute Gasteiger partial charge is 0.361 e. The molecule has 2 aromatic heterocycles. The van der Waals surface area contributed by atoms with Crippen molar-refractivity contribution in [3.05, 3.63) is 76.7 Å². The molecule has 0 N–H and O–H groups in total. The normalized spacial score (nSPS) is 18.6. The van der Waals surface area contributed by atoms with Crippen LogP contribution in [0.5, 0.6) is 0 Å². The summed E-state index contributed by atoms with van der Waals surface area (Å²) in [5, 5.41) is 4.13. The van der Waals surface area contributed by atoms with Gasteiger partial charge in [-0.15, -0.1) is 0 Å². The van der Waals surface area contributed by atoms with E-state index in [9.17, 15) is 9.59 Å². The number of hydrogen-bond donors (Lipinski definition) is 0. The molecule has 1 aromatic carbocycles. The van der Waals surface area contributed by atoms with E-state index in [4.69, 9.17) is 4.74 Å². The van der Waals surface area contributed by atoms with Crippen molar-refractivity contribution in [1.29, 1.82) is 0 Å². The number of carbonyl (C=O) groups is 2. The van der Waals surface area contributed by atoms with Gasteiger partial charge in [0.2, 0.25) is 0 Å². The van der Waals surface area contributed by atoms with Crippen LogP contribution in [0, 0.1) is 0 Å². The third-order valence-corrected chi connectivity index (χ3v) is 6.16. The Morgan fingerprint density at radius 3 is 2.68 bits per heavy atom. The van der Waals surface area contributed by atoms with E-state index < -0.39 is 5.60 Å². The van der Waals surface area contributed by atoms with E-state index in [1.807, 2.05) is 23.6 Å². The lowest BCUT2D eigenvalue weighted by Crippen LogP contribution is -2.61. The summed E-state index contributed by atoms with van der Waals surface area (Å²) in [5.41, 5.74) is 2.42. The Labute approximate surface area is 186 Å². The van der Waals surface area contributed by atoms with Crippen molar-refractivity contribution in [2.75, 3.05) is 33.8 Å². The third kappa shape index (κ3) is 4.38. The quantitative estimate of drug-likeness (QED) is 0.617. The lowest BCUT2D eigenvalue weighted by molar-refractivity contribution is -0.165. The molecule has 1 saturated heterocycles. The number of ether oxygens (including phenoxy) is 1. The monoisotopic (exact) mass is 435 g/mol. The zero-order chi connectivity index (χ0) is 21.8. The van der Waals surface area contributed by atoms with Crippen LogP contribution in [0.3, 0.4) is 0 Å². The molecule has 160 valence electrons. The molecule has 0 unspecified atom stereocenters. The predicted octanol–water partition coefficient (Wildman–Crippen LogP) is 3.35. The molecule has 0 bridgehead atoms. The average Bonchev–Trinajstić information content (AvgIpc) is 3.34. The molecular formula is C24H25N3O3S. The first-order valence-corrected chi connectivity index (χ1v) is 11.1. The maximum Gasteiger partial charge on any atom is 0.272 e. The fourth-order valence-corrected chi connectivity index (χ4v) is 4.67. The second-order valence-electron chi connectivity index (χ2n) is 7.83. The Morgan fingerprint density at radius 1 is 1.16 bits per heavy atom. The van der Waals surface area contributed by atoms with E-state index in [-0.39, 0.29) is 18.4 Å². The number of thiophene rings is 1. The van der Waals surface area contributed by atoms with Crippen LogP contribution in [0.1, 0.15) is 16.1 Å². The van der Waals surface area contributed by atoms with Crippen LogP contribution in [-0.4, -0.2) is 66.0 Å². The fraction of sp³-hybridized carbons (Fsp3) is 0.292. The topological polar surface area (TPSA) is 62.7 Å². The number of likely N-dealkylation sites (N-methyl/N-ethyl adjacent to an activating group) is 1. The van der Waals surface area contributed by atoms with E-state index in [2.05, 4.69) is 22.5 Å². The first kappa shape index (κ1) is 21.2. The summed E-state index contributed by atoms with van der Waals surface area (Å²) >= 11 is 1.64. The maximum atomic E-state index is 13.4. The predicted molar refractivity (Wildman–Crippen MR) is 121 cm³/mol. The Balaban J connectivity index is 1.69. The summed E-state index contributed by atoms with van der Waals surface area (Å²) < 4.78 is 6.18. The molecular weight excluding hydrogens is 410 g/mol. The van der Waals surface area contributed by atoms with Gasteiger partial charge in [-0.25, -0.2) is 0 Å². The number of benzene rings is 1. The molecule has 1 aliphatic rings. The summed E-state index contributed by atoms with van der Waals surface area (Å²) in [6.07, 6.45) is 1.98. The molecule has 2 amide bonds.